The Labute approximate surface area is 165 Å². The molecular formula is C18H18ClN3O4S. The van der Waals surface area contributed by atoms with E-state index in [9.17, 15) is 9.59 Å². The van der Waals surface area contributed by atoms with Crippen molar-refractivity contribution in [2.45, 2.75) is 18.6 Å². The van der Waals surface area contributed by atoms with Gasteiger partial charge in [0.15, 0.2) is 10.9 Å². The third-order valence-electron chi connectivity index (χ3n) is 4.66. The van der Waals surface area contributed by atoms with Crippen LogP contribution in [-0.2, 0) is 9.47 Å². The van der Waals surface area contributed by atoms with E-state index in [0.29, 0.717) is 60.6 Å². The second kappa shape index (κ2) is 7.55. The van der Waals surface area contributed by atoms with Crippen LogP contribution in [0.1, 0.15) is 33.7 Å². The summed E-state index contributed by atoms with van der Waals surface area (Å²) in [6.45, 7) is 2.33. The topological polar surface area (TPSA) is 80.8 Å². The van der Waals surface area contributed by atoms with Crippen molar-refractivity contribution in [2.75, 3.05) is 31.6 Å². The lowest BCUT2D eigenvalue weighted by Crippen LogP contribution is -2.47. The number of likely N-dealkylation sites (tertiary alicyclic amines) is 1. The maximum absolute atomic E-state index is 12.7. The van der Waals surface area contributed by atoms with Gasteiger partial charge in [0.25, 0.3) is 11.8 Å². The number of halogens is 1. The van der Waals surface area contributed by atoms with Gasteiger partial charge in [0.05, 0.1) is 13.2 Å². The van der Waals surface area contributed by atoms with E-state index in [4.69, 9.17) is 21.1 Å². The van der Waals surface area contributed by atoms with Crippen LogP contribution in [0.25, 0.3) is 0 Å². The number of piperidine rings is 1. The van der Waals surface area contributed by atoms with E-state index in [1.54, 1.807) is 34.5 Å². The molecule has 0 radical (unpaired) electrons. The molecule has 2 aliphatic heterocycles. The van der Waals surface area contributed by atoms with E-state index in [1.165, 1.54) is 11.3 Å². The number of carbonyl (C=O) groups excluding carboxylic acids is 2. The number of ether oxygens (including phenoxy) is 2. The highest BCUT2D eigenvalue weighted by Gasteiger charge is 2.41. The summed E-state index contributed by atoms with van der Waals surface area (Å²) in [5.74, 6) is -0.988. The molecular weight excluding hydrogens is 390 g/mol. The number of carbonyl (C=O) groups is 2. The maximum atomic E-state index is 12.7. The van der Waals surface area contributed by atoms with E-state index in [0.717, 1.165) is 0 Å². The molecule has 2 aliphatic rings. The molecule has 2 aromatic rings. The summed E-state index contributed by atoms with van der Waals surface area (Å²) in [4.78, 5) is 30.9. The normalized spacial score (nSPS) is 18.6. The number of aromatic nitrogens is 1. The average molecular weight is 408 g/mol. The second-order valence-electron chi connectivity index (χ2n) is 6.40. The minimum atomic E-state index is -0.519. The molecule has 2 amide bonds. The molecule has 142 valence electrons. The third kappa shape index (κ3) is 3.98. The van der Waals surface area contributed by atoms with Gasteiger partial charge in [-0.15, -0.1) is 11.3 Å². The number of rotatable bonds is 3. The number of amides is 2. The molecule has 0 aliphatic carbocycles. The first-order valence-electron chi connectivity index (χ1n) is 8.64. The Morgan fingerprint density at radius 1 is 1.22 bits per heavy atom. The Bertz CT molecular complexity index is 856. The smallest absolute Gasteiger partial charge is 0.273 e. The van der Waals surface area contributed by atoms with Crippen LogP contribution >= 0.6 is 22.9 Å². The first-order chi connectivity index (χ1) is 13.0. The van der Waals surface area contributed by atoms with Crippen molar-refractivity contribution in [3.8, 4) is 0 Å². The van der Waals surface area contributed by atoms with Crippen LogP contribution in [0.3, 0.4) is 0 Å². The fourth-order valence-corrected chi connectivity index (χ4v) is 4.10. The van der Waals surface area contributed by atoms with Gasteiger partial charge in [0.2, 0.25) is 0 Å². The van der Waals surface area contributed by atoms with E-state index in [2.05, 4.69) is 10.3 Å². The van der Waals surface area contributed by atoms with Crippen LogP contribution in [0.4, 0.5) is 5.13 Å². The van der Waals surface area contributed by atoms with Gasteiger partial charge in [-0.2, -0.15) is 0 Å². The summed E-state index contributed by atoms with van der Waals surface area (Å²) in [5.41, 5.74) is 0.758. The molecule has 1 aromatic heterocycles. The maximum Gasteiger partial charge on any atom is 0.273 e. The molecule has 9 heteroatoms. The van der Waals surface area contributed by atoms with E-state index in [-0.39, 0.29) is 11.8 Å². The summed E-state index contributed by atoms with van der Waals surface area (Å²) in [6.07, 6.45) is 1.31. The fraction of sp³-hybridized carbons (Fsp3) is 0.389. The zero-order valence-electron chi connectivity index (χ0n) is 14.4. The Morgan fingerprint density at radius 2 is 1.96 bits per heavy atom. The molecule has 1 spiro atoms. The minimum absolute atomic E-state index is 0.151. The predicted molar refractivity (Wildman–Crippen MR) is 101 cm³/mol. The molecule has 0 saturated carbocycles. The van der Waals surface area contributed by atoms with Gasteiger partial charge in [-0.25, -0.2) is 4.98 Å². The van der Waals surface area contributed by atoms with Gasteiger partial charge >= 0.3 is 0 Å². The van der Waals surface area contributed by atoms with Gasteiger partial charge in [0.1, 0.15) is 5.69 Å². The van der Waals surface area contributed by atoms with Crippen LogP contribution in [0, 0.1) is 0 Å². The number of nitrogens with one attached hydrogen (secondary N) is 1. The van der Waals surface area contributed by atoms with Crippen molar-refractivity contribution < 1.29 is 19.1 Å². The minimum Gasteiger partial charge on any atom is -0.347 e. The highest BCUT2D eigenvalue weighted by Crippen LogP contribution is 2.32. The van der Waals surface area contributed by atoms with Crippen LogP contribution in [0.15, 0.2) is 29.6 Å². The van der Waals surface area contributed by atoms with Crippen molar-refractivity contribution in [3.05, 3.63) is 45.9 Å². The van der Waals surface area contributed by atoms with Crippen molar-refractivity contribution in [1.29, 1.82) is 0 Å². The number of anilines is 1. The van der Waals surface area contributed by atoms with E-state index < -0.39 is 5.79 Å². The summed E-state index contributed by atoms with van der Waals surface area (Å²) in [7, 11) is 0. The Hall–Kier alpha value is -2.00. The lowest BCUT2D eigenvalue weighted by molar-refractivity contribution is -0.181. The molecule has 2 saturated heterocycles. The summed E-state index contributed by atoms with van der Waals surface area (Å²) in [6, 6.07) is 6.64. The van der Waals surface area contributed by atoms with Gasteiger partial charge in [-0.05, 0) is 18.2 Å². The van der Waals surface area contributed by atoms with Gasteiger partial charge in [-0.3, -0.25) is 14.9 Å². The van der Waals surface area contributed by atoms with Gasteiger partial charge in [-0.1, -0.05) is 17.7 Å². The molecule has 3 heterocycles. The SMILES string of the molecule is O=C(Nc1nc(C(=O)N2CCC3(CC2)OCCO3)cs1)c1cccc(Cl)c1. The molecule has 1 N–H and O–H groups in total. The lowest BCUT2D eigenvalue weighted by atomic mass is 10.0. The number of thiazole rings is 1. The quantitative estimate of drug-likeness (QED) is 0.845. The van der Waals surface area contributed by atoms with Gasteiger partial charge in [0, 0.05) is 41.9 Å². The molecule has 1 aromatic carbocycles. The van der Waals surface area contributed by atoms with Crippen molar-refractivity contribution in [2.24, 2.45) is 0 Å². The Morgan fingerprint density at radius 3 is 2.67 bits per heavy atom. The van der Waals surface area contributed by atoms with Crippen LogP contribution in [0.5, 0.6) is 0 Å². The van der Waals surface area contributed by atoms with Crippen LogP contribution < -0.4 is 5.32 Å². The molecule has 0 atom stereocenters. The molecule has 2 fully saturated rings. The standard InChI is InChI=1S/C18H18ClN3O4S/c19-13-3-1-2-12(10-13)15(23)21-17-20-14(11-27-17)16(24)22-6-4-18(5-7-22)25-8-9-26-18/h1-3,10-11H,4-9H2,(H,20,21,23). The predicted octanol–water partition coefficient (Wildman–Crippen LogP) is 3.03. The van der Waals surface area contributed by atoms with Crippen molar-refractivity contribution >= 4 is 39.9 Å². The summed E-state index contributed by atoms with van der Waals surface area (Å²) >= 11 is 7.12. The summed E-state index contributed by atoms with van der Waals surface area (Å²) in [5, 5.41) is 5.21. The number of hydrogen-bond acceptors (Lipinski definition) is 6. The monoisotopic (exact) mass is 407 g/mol. The van der Waals surface area contributed by atoms with E-state index >= 15 is 0 Å². The Kier molecular flexibility index (Phi) is 5.14. The summed E-state index contributed by atoms with van der Waals surface area (Å²) < 4.78 is 11.4. The molecule has 4 rings (SSSR count). The second-order valence-corrected chi connectivity index (χ2v) is 7.70. The average Bonchev–Trinajstić information content (AvgIpc) is 3.32. The fourth-order valence-electron chi connectivity index (χ4n) is 3.23. The number of benzene rings is 1. The number of nitrogens with zero attached hydrogens (tertiary/aromatic N) is 2. The first-order valence-corrected chi connectivity index (χ1v) is 9.90. The zero-order chi connectivity index (χ0) is 18.9. The molecule has 0 bridgehead atoms. The molecule has 0 unspecified atom stereocenters. The zero-order valence-corrected chi connectivity index (χ0v) is 16.0. The Balaban J connectivity index is 1.37. The van der Waals surface area contributed by atoms with Gasteiger partial charge < -0.3 is 14.4 Å². The number of hydrogen-bond donors (Lipinski definition) is 1. The van der Waals surface area contributed by atoms with E-state index in [1.807, 2.05) is 0 Å². The molecule has 27 heavy (non-hydrogen) atoms. The molecule has 7 nitrogen and oxygen atoms in total. The van der Waals surface area contributed by atoms with Crippen molar-refractivity contribution in [1.82, 2.24) is 9.88 Å². The highest BCUT2D eigenvalue weighted by molar-refractivity contribution is 7.14. The van der Waals surface area contributed by atoms with Crippen LogP contribution in [0.2, 0.25) is 5.02 Å². The largest absolute Gasteiger partial charge is 0.347 e. The highest BCUT2D eigenvalue weighted by atomic mass is 35.5. The van der Waals surface area contributed by atoms with Crippen LogP contribution in [-0.4, -0.2) is 53.8 Å². The van der Waals surface area contributed by atoms with Crippen molar-refractivity contribution in [3.63, 3.8) is 0 Å². The lowest BCUT2D eigenvalue weighted by Gasteiger charge is -2.37. The third-order valence-corrected chi connectivity index (χ3v) is 5.65. The first kappa shape index (κ1) is 18.4.